The number of fused-ring (bicyclic) bond motifs is 3. The van der Waals surface area contributed by atoms with E-state index in [9.17, 15) is 9.50 Å². The van der Waals surface area contributed by atoms with Gasteiger partial charge in [0.2, 0.25) is 0 Å². The van der Waals surface area contributed by atoms with E-state index < -0.39 is 12.0 Å². The zero-order valence-corrected chi connectivity index (χ0v) is 32.0. The maximum atomic E-state index is 13.7. The topological polar surface area (TPSA) is 57.3 Å². The smallest absolute Gasteiger partial charge is 0.161 e. The van der Waals surface area contributed by atoms with Gasteiger partial charge in [-0.15, -0.1) is 24.0 Å². The second-order valence-corrected chi connectivity index (χ2v) is 15.1. The summed E-state index contributed by atoms with van der Waals surface area (Å²) in [4.78, 5) is 14.7. The molecule has 53 heavy (non-hydrogen) atoms. The molecule has 7 rings (SSSR count). The lowest BCUT2D eigenvalue weighted by molar-refractivity contribution is 0.186. The van der Waals surface area contributed by atoms with Crippen molar-refractivity contribution in [1.29, 1.82) is 0 Å². The maximum Gasteiger partial charge on any atom is 0.161 e. The van der Waals surface area contributed by atoms with Gasteiger partial charge in [0.1, 0.15) is 21.5 Å². The summed E-state index contributed by atoms with van der Waals surface area (Å²) in [6.45, 7) is 12.0. The first kappa shape index (κ1) is 36.8. The molecule has 0 fully saturated rings. The average molecular weight is 730 g/mol. The molecule has 260 valence electrons. The predicted octanol–water partition coefficient (Wildman–Crippen LogP) is 6.59. The summed E-state index contributed by atoms with van der Waals surface area (Å²) < 4.78 is 16.2. The Labute approximate surface area is 322 Å². The number of hydrogen-bond donors (Lipinski definition) is 2. The van der Waals surface area contributed by atoms with Crippen molar-refractivity contribution in [2.24, 2.45) is 15.0 Å². The molecule has 0 bridgehead atoms. The van der Waals surface area contributed by atoms with Crippen molar-refractivity contribution in [1.82, 2.24) is 0 Å². The number of aliphatic imine (C=N–C) groups is 3. The van der Waals surface area contributed by atoms with Crippen LogP contribution in [0.5, 0.6) is 0 Å². The van der Waals surface area contributed by atoms with Crippen LogP contribution in [0.1, 0.15) is 66.0 Å². The van der Waals surface area contributed by atoms with Crippen molar-refractivity contribution >= 4 is 90.7 Å². The second kappa shape index (κ2) is 15.1. The third-order valence-electron chi connectivity index (χ3n) is 10.7. The zero-order chi connectivity index (χ0) is 37.6. The first-order chi connectivity index (χ1) is 25.5. The number of hydrogen-bond acceptors (Lipinski definition) is 4. The van der Waals surface area contributed by atoms with Gasteiger partial charge in [-0.05, 0) is 127 Å². The maximum absolute atomic E-state index is 13.7. The van der Waals surface area contributed by atoms with E-state index in [2.05, 4.69) is 49.0 Å². The number of benzene rings is 4. The number of halogens is 1. The highest BCUT2D eigenvalue weighted by Crippen LogP contribution is 2.44. The third kappa shape index (κ3) is 6.64. The summed E-state index contributed by atoms with van der Waals surface area (Å²) in [6.07, 6.45) is 3.23. The highest BCUT2D eigenvalue weighted by molar-refractivity contribution is 7.84. The fourth-order valence-corrected chi connectivity index (χ4v) is 9.47. The summed E-state index contributed by atoms with van der Waals surface area (Å²) in [5, 5.41) is 14.7. The number of amidine groups is 2. The Kier molecular flexibility index (Phi) is 10.4. The number of aliphatic hydroxyl groups is 1. The van der Waals surface area contributed by atoms with Crippen LogP contribution < -0.4 is 20.7 Å². The Hall–Kier alpha value is -4.56. The lowest BCUT2D eigenvalue weighted by Gasteiger charge is -2.36. The second-order valence-electron chi connectivity index (χ2n) is 13.7. The molecule has 5 aromatic rings. The summed E-state index contributed by atoms with van der Waals surface area (Å²) in [6, 6.07) is 24.0. The minimum Gasteiger partial charge on any atom is -0.388 e. The molecule has 0 saturated heterocycles. The fraction of sp³-hybridized carbons (Fsp3) is 0.205. The van der Waals surface area contributed by atoms with Gasteiger partial charge < -0.3 is 5.11 Å². The quantitative estimate of drug-likeness (QED) is 0.0882. The monoisotopic (exact) mass is 729 g/mol. The van der Waals surface area contributed by atoms with Crippen molar-refractivity contribution in [3.05, 3.63) is 149 Å². The molecule has 4 radical (unpaired) electrons. The molecule has 1 heterocycles. The summed E-state index contributed by atoms with van der Waals surface area (Å²) in [5.41, 5.74) is 10.1. The molecule has 2 aliphatic carbocycles. The van der Waals surface area contributed by atoms with Gasteiger partial charge in [0.25, 0.3) is 0 Å². The van der Waals surface area contributed by atoms with Crippen LogP contribution in [0.15, 0.2) is 115 Å². The molecule has 1 N–H and O–H groups in total. The van der Waals surface area contributed by atoms with Crippen molar-refractivity contribution in [2.75, 3.05) is 6.54 Å². The Morgan fingerprint density at radius 2 is 1.57 bits per heavy atom. The number of thiol groups is 1. The average Bonchev–Trinajstić information content (AvgIpc) is 3.56. The van der Waals surface area contributed by atoms with E-state index in [0.29, 0.717) is 28.2 Å². The molecule has 4 nitrogen and oxygen atoms in total. The van der Waals surface area contributed by atoms with Gasteiger partial charge in [-0.3, -0.25) is 4.99 Å². The molecule has 0 saturated carbocycles. The summed E-state index contributed by atoms with van der Waals surface area (Å²) in [5.74, 6) is 0.00221. The van der Waals surface area contributed by atoms with Gasteiger partial charge in [0.15, 0.2) is 11.7 Å². The lowest BCUT2D eigenvalue weighted by Crippen LogP contribution is -2.38. The summed E-state index contributed by atoms with van der Waals surface area (Å²) >= 11 is 6.89. The van der Waals surface area contributed by atoms with Crippen LogP contribution in [-0.4, -0.2) is 51.8 Å². The predicted molar refractivity (Wildman–Crippen MR) is 227 cm³/mol. The van der Waals surface area contributed by atoms with E-state index in [1.165, 1.54) is 37.5 Å². The van der Waals surface area contributed by atoms with Crippen molar-refractivity contribution in [3.63, 3.8) is 0 Å². The van der Waals surface area contributed by atoms with Crippen molar-refractivity contribution < 1.29 is 9.50 Å². The first-order valence-electron chi connectivity index (χ1n) is 17.6. The number of rotatable bonds is 6. The third-order valence-corrected chi connectivity index (χ3v) is 12.5. The Balaban J connectivity index is 1.32. The molecule has 1 aromatic heterocycles. The standard InChI is InChI=1S/C44H38B2FN3OS2/c1-23-33(22-49-44(27-12-7-6-8-13-27)50-43(48-5)28-18-20-29(47)21-19-28)41(52)26(4)37(40(23)51)35-24(2)36(39(46)38(45)25(35)3)32-16-11-15-31-30-14-9-10-17-34(30)53-42(31)32/h6-10,12-15,17-21,37,40,51-52H,5,11,16,22H2,1-4H3. The van der Waals surface area contributed by atoms with E-state index in [1.54, 1.807) is 23.5 Å². The first-order valence-corrected chi connectivity index (χ1v) is 18.9. The number of aliphatic hydroxyl groups excluding tert-OH is 1. The van der Waals surface area contributed by atoms with Gasteiger partial charge >= 0.3 is 0 Å². The van der Waals surface area contributed by atoms with Gasteiger partial charge in [-0.2, -0.15) is 0 Å². The molecule has 0 aliphatic heterocycles. The van der Waals surface area contributed by atoms with Crippen LogP contribution in [0.4, 0.5) is 4.39 Å². The van der Waals surface area contributed by atoms with Crippen LogP contribution in [-0.2, 0) is 0 Å². The molecule has 2 unspecified atom stereocenters. The zero-order valence-electron chi connectivity index (χ0n) is 30.2. The number of thiophene rings is 1. The van der Waals surface area contributed by atoms with Gasteiger partial charge in [-0.25, -0.2) is 14.4 Å². The largest absolute Gasteiger partial charge is 0.388 e. The SMILES string of the molecule is [B]c1c([B])c(C2=c3sc4ccccc4c3=CCC2)c(C)c(C2C(C)=C(S)C(CN=C(N=C(N=C)c3ccc(F)cc3)c3ccccc3)=C(C)C2O)c1C. The van der Waals surface area contributed by atoms with Gasteiger partial charge in [0.05, 0.1) is 12.6 Å². The van der Waals surface area contributed by atoms with Crippen LogP contribution in [0.3, 0.4) is 0 Å². The highest BCUT2D eigenvalue weighted by Gasteiger charge is 2.36. The van der Waals surface area contributed by atoms with E-state index in [1.807, 2.05) is 51.1 Å². The molecule has 4 aromatic carbocycles. The number of nitrogens with zero attached hydrogens (tertiary/aromatic N) is 3. The Morgan fingerprint density at radius 3 is 2.28 bits per heavy atom. The van der Waals surface area contributed by atoms with E-state index >= 15 is 0 Å². The molecular weight excluding hydrogens is 691 g/mol. The van der Waals surface area contributed by atoms with Crippen LogP contribution in [0, 0.1) is 19.7 Å². The Bertz CT molecular complexity index is 2550. The van der Waals surface area contributed by atoms with Gasteiger partial charge in [0, 0.05) is 31.2 Å². The fourth-order valence-electron chi connectivity index (χ4n) is 7.79. The lowest BCUT2D eigenvalue weighted by atomic mass is 9.66. The molecule has 2 atom stereocenters. The highest BCUT2D eigenvalue weighted by atomic mass is 32.1. The van der Waals surface area contributed by atoms with E-state index in [-0.39, 0.29) is 12.4 Å². The minimum absolute atomic E-state index is 0.212. The molecule has 9 heteroatoms. The summed E-state index contributed by atoms with van der Waals surface area (Å²) in [7, 11) is 13.8. The minimum atomic E-state index is -0.859. The normalized spacial score (nSPS) is 18.1. The molecular formula is C44H38B2FN3OS2. The molecule has 0 amide bonds. The van der Waals surface area contributed by atoms with Gasteiger partial charge in [-0.1, -0.05) is 71.1 Å². The van der Waals surface area contributed by atoms with Crippen LogP contribution in [0.25, 0.3) is 21.7 Å². The van der Waals surface area contributed by atoms with Crippen LogP contribution in [0.2, 0.25) is 0 Å². The van der Waals surface area contributed by atoms with Crippen molar-refractivity contribution in [3.8, 4) is 0 Å². The van der Waals surface area contributed by atoms with E-state index in [4.69, 9.17) is 38.3 Å². The van der Waals surface area contributed by atoms with Crippen LogP contribution >= 0.6 is 24.0 Å². The van der Waals surface area contributed by atoms with Crippen molar-refractivity contribution in [2.45, 2.75) is 52.6 Å². The molecule has 0 spiro atoms. The Morgan fingerprint density at radius 1 is 0.887 bits per heavy atom. The molecule has 2 aliphatic rings. The van der Waals surface area contributed by atoms with E-state index in [0.717, 1.165) is 62.3 Å².